The molecule has 3 heterocycles. The van der Waals surface area contributed by atoms with E-state index in [0.717, 1.165) is 19.2 Å². The van der Waals surface area contributed by atoms with E-state index in [1.54, 1.807) is 24.3 Å². The van der Waals surface area contributed by atoms with Gasteiger partial charge >= 0.3 is 6.18 Å². The highest BCUT2D eigenvalue weighted by molar-refractivity contribution is 6.04. The fraction of sp³-hybridized carbons (Fsp3) is 0.160. The molecule has 5 rings (SSSR count). The van der Waals surface area contributed by atoms with Crippen LogP contribution in [0.15, 0.2) is 59.4 Å². The van der Waals surface area contributed by atoms with Crippen molar-refractivity contribution in [3.05, 3.63) is 65.9 Å². The minimum absolute atomic E-state index is 0.104. The molecule has 2 aromatic carbocycles. The summed E-state index contributed by atoms with van der Waals surface area (Å²) >= 11 is 0. The number of hydrogen-bond donors (Lipinski definition) is 2. The predicted octanol–water partition coefficient (Wildman–Crippen LogP) is 5.16. The van der Waals surface area contributed by atoms with Crippen LogP contribution in [-0.2, 0) is 12.7 Å². The Hall–Kier alpha value is -5.14. The average Bonchev–Trinajstić information content (AvgIpc) is 3.50. The van der Waals surface area contributed by atoms with Crippen molar-refractivity contribution in [2.24, 2.45) is 0 Å². The Morgan fingerprint density at radius 3 is 2.67 bits per heavy atom. The van der Waals surface area contributed by atoms with Gasteiger partial charge in [0, 0.05) is 29.9 Å². The first-order chi connectivity index (χ1) is 18.7. The Labute approximate surface area is 218 Å². The third kappa shape index (κ3) is 5.03. The maximum Gasteiger partial charge on any atom is 0.419 e. The molecule has 39 heavy (non-hydrogen) atoms. The van der Waals surface area contributed by atoms with Crippen LogP contribution in [0.4, 0.5) is 24.7 Å². The van der Waals surface area contributed by atoms with Crippen molar-refractivity contribution in [1.82, 2.24) is 24.8 Å². The number of methoxy groups -OCH3 is 1. The molecule has 0 radical (unpaired) electrons. The number of nitrogens with zero attached hydrogens (tertiary/aromatic N) is 5. The third-order valence-corrected chi connectivity index (χ3v) is 5.73. The van der Waals surface area contributed by atoms with E-state index in [4.69, 9.17) is 19.8 Å². The fourth-order valence-electron chi connectivity index (χ4n) is 3.95. The average molecular weight is 539 g/mol. The zero-order valence-electron chi connectivity index (χ0n) is 20.5. The molecular formula is C25H20F3N7O4. The highest BCUT2D eigenvalue weighted by Crippen LogP contribution is 2.37. The maximum atomic E-state index is 13.3. The van der Waals surface area contributed by atoms with Gasteiger partial charge < -0.3 is 25.1 Å². The summed E-state index contributed by atoms with van der Waals surface area (Å²) in [6, 6.07) is 11.1. The summed E-state index contributed by atoms with van der Waals surface area (Å²) in [5.41, 5.74) is 6.47. The minimum atomic E-state index is -4.68. The number of benzene rings is 2. The van der Waals surface area contributed by atoms with E-state index in [2.05, 4.69) is 25.6 Å². The van der Waals surface area contributed by atoms with Gasteiger partial charge in [0.1, 0.15) is 17.0 Å². The van der Waals surface area contributed by atoms with Gasteiger partial charge in [-0.15, -0.1) is 0 Å². The number of carbonyl (C=O) groups is 1. The number of pyridine rings is 1. The lowest BCUT2D eigenvalue weighted by Crippen LogP contribution is -2.14. The number of ether oxygens (including phenoxy) is 2. The van der Waals surface area contributed by atoms with Crippen molar-refractivity contribution >= 4 is 28.4 Å². The molecule has 0 saturated carbocycles. The van der Waals surface area contributed by atoms with Crippen molar-refractivity contribution in [2.45, 2.75) is 19.6 Å². The number of alkyl halides is 3. The van der Waals surface area contributed by atoms with Crippen LogP contribution < -0.4 is 20.5 Å². The zero-order valence-corrected chi connectivity index (χ0v) is 20.5. The van der Waals surface area contributed by atoms with Crippen LogP contribution in [0.25, 0.3) is 22.6 Å². The van der Waals surface area contributed by atoms with Crippen molar-refractivity contribution in [2.75, 3.05) is 18.2 Å². The van der Waals surface area contributed by atoms with E-state index in [0.29, 0.717) is 40.5 Å². The molecule has 0 saturated heterocycles. The Morgan fingerprint density at radius 2 is 1.97 bits per heavy atom. The monoisotopic (exact) mass is 539 g/mol. The fourth-order valence-corrected chi connectivity index (χ4v) is 3.95. The summed E-state index contributed by atoms with van der Waals surface area (Å²) in [7, 11) is 1.13. The smallest absolute Gasteiger partial charge is 0.419 e. The molecule has 200 valence electrons. The summed E-state index contributed by atoms with van der Waals surface area (Å²) in [6.45, 7) is 2.45. The molecule has 0 fully saturated rings. The van der Waals surface area contributed by atoms with E-state index in [1.165, 1.54) is 18.3 Å². The normalized spacial score (nSPS) is 11.5. The van der Waals surface area contributed by atoms with Crippen molar-refractivity contribution < 1.29 is 32.1 Å². The second-order valence-corrected chi connectivity index (χ2v) is 8.19. The standard InChI is InChI=1S/C25H20F3N7O4/c1-3-35-18-11-20(30-12-17(18)32-23(35)21-22(29)34-39-33-21)38-15-6-4-5-14(10-15)31-24(36)13-7-8-19(37-2)16(9-13)25(26,27)28/h4-12H,3H2,1-2H3,(H2,29,34)(H,31,36). The molecule has 5 aromatic rings. The molecule has 1 amide bonds. The number of fused-ring (bicyclic) bond motifs is 1. The van der Waals surface area contributed by atoms with Crippen LogP contribution in [-0.4, -0.2) is 37.9 Å². The highest BCUT2D eigenvalue weighted by Gasteiger charge is 2.35. The van der Waals surface area contributed by atoms with Crippen LogP contribution in [0.1, 0.15) is 22.8 Å². The number of hydrogen-bond acceptors (Lipinski definition) is 9. The maximum absolute atomic E-state index is 13.3. The number of nitrogens with one attached hydrogen (secondary N) is 1. The Kier molecular flexibility index (Phi) is 6.52. The molecule has 0 spiro atoms. The lowest BCUT2D eigenvalue weighted by molar-refractivity contribution is -0.138. The molecule has 0 aliphatic rings. The van der Waals surface area contributed by atoms with Gasteiger partial charge in [-0.2, -0.15) is 13.2 Å². The molecule has 0 aliphatic heterocycles. The summed E-state index contributed by atoms with van der Waals surface area (Å²) in [6.07, 6.45) is -3.16. The number of halogens is 3. The van der Waals surface area contributed by atoms with Crippen LogP contribution in [0.3, 0.4) is 0 Å². The highest BCUT2D eigenvalue weighted by atomic mass is 19.4. The number of aryl methyl sites for hydroxylation is 1. The largest absolute Gasteiger partial charge is 0.496 e. The van der Waals surface area contributed by atoms with Gasteiger partial charge in [0.2, 0.25) is 5.88 Å². The first-order valence-corrected chi connectivity index (χ1v) is 11.5. The molecule has 3 aromatic heterocycles. The van der Waals surface area contributed by atoms with Crippen LogP contribution >= 0.6 is 0 Å². The lowest BCUT2D eigenvalue weighted by atomic mass is 10.1. The Morgan fingerprint density at radius 1 is 1.15 bits per heavy atom. The van der Waals surface area contributed by atoms with Gasteiger partial charge in [-0.05, 0) is 47.6 Å². The van der Waals surface area contributed by atoms with Crippen LogP contribution in [0.2, 0.25) is 0 Å². The summed E-state index contributed by atoms with van der Waals surface area (Å²) in [5.74, 6) is 0.0218. The summed E-state index contributed by atoms with van der Waals surface area (Å²) in [4.78, 5) is 21.5. The first-order valence-electron chi connectivity index (χ1n) is 11.5. The van der Waals surface area contributed by atoms with Gasteiger partial charge in [0.25, 0.3) is 5.91 Å². The molecule has 0 atom stereocenters. The Bertz CT molecular complexity index is 1680. The van der Waals surface area contributed by atoms with Crippen LogP contribution in [0.5, 0.6) is 17.4 Å². The molecule has 14 heteroatoms. The molecule has 0 aliphatic carbocycles. The number of rotatable bonds is 7. The Balaban J connectivity index is 1.38. The summed E-state index contributed by atoms with van der Waals surface area (Å²) < 4.78 is 57.2. The number of nitrogens with two attached hydrogens (primary N) is 1. The van der Waals surface area contributed by atoms with E-state index in [9.17, 15) is 18.0 Å². The number of nitrogen functional groups attached to an aromatic ring is 1. The minimum Gasteiger partial charge on any atom is -0.496 e. The van der Waals surface area contributed by atoms with Crippen LogP contribution in [0, 0.1) is 0 Å². The number of amides is 1. The van der Waals surface area contributed by atoms with E-state index < -0.39 is 17.6 Å². The number of carbonyl (C=O) groups excluding carboxylic acids is 1. The molecule has 0 unspecified atom stereocenters. The van der Waals surface area contributed by atoms with Gasteiger partial charge in [0.05, 0.1) is 24.4 Å². The van der Waals surface area contributed by atoms with Crippen molar-refractivity contribution in [3.8, 4) is 28.9 Å². The second kappa shape index (κ2) is 9.96. The lowest BCUT2D eigenvalue weighted by Gasteiger charge is -2.14. The number of anilines is 2. The van der Waals surface area contributed by atoms with E-state index >= 15 is 0 Å². The van der Waals surface area contributed by atoms with E-state index in [-0.39, 0.29) is 23.0 Å². The third-order valence-electron chi connectivity index (χ3n) is 5.73. The second-order valence-electron chi connectivity index (χ2n) is 8.19. The molecule has 3 N–H and O–H groups in total. The van der Waals surface area contributed by atoms with E-state index in [1.807, 2.05) is 11.5 Å². The molecule has 0 bridgehead atoms. The quantitative estimate of drug-likeness (QED) is 0.287. The van der Waals surface area contributed by atoms with Crippen molar-refractivity contribution in [1.29, 1.82) is 0 Å². The topological polar surface area (TPSA) is 143 Å². The summed E-state index contributed by atoms with van der Waals surface area (Å²) in [5, 5.41) is 9.99. The predicted molar refractivity (Wildman–Crippen MR) is 133 cm³/mol. The van der Waals surface area contributed by atoms with Gasteiger partial charge in [0.15, 0.2) is 17.3 Å². The van der Waals surface area contributed by atoms with Gasteiger partial charge in [-0.3, -0.25) is 4.79 Å². The molecule has 11 nitrogen and oxygen atoms in total. The van der Waals surface area contributed by atoms with Gasteiger partial charge in [-0.25, -0.2) is 14.6 Å². The first kappa shape index (κ1) is 25.5. The SMILES string of the molecule is CCn1c(-c2nonc2N)nc2cnc(Oc3cccc(NC(=O)c4ccc(OC)c(C(F)(F)F)c4)c3)cc21. The number of aromatic nitrogens is 5. The number of imidazole rings is 1. The van der Waals surface area contributed by atoms with Crippen molar-refractivity contribution in [3.63, 3.8) is 0 Å². The molecular weight excluding hydrogens is 519 g/mol. The van der Waals surface area contributed by atoms with Gasteiger partial charge in [-0.1, -0.05) is 6.07 Å². The zero-order chi connectivity index (χ0) is 27.7.